The molecule has 1 rings (SSSR count). The van der Waals surface area contributed by atoms with E-state index in [-0.39, 0.29) is 18.8 Å². The summed E-state index contributed by atoms with van der Waals surface area (Å²) in [7, 11) is 0. The summed E-state index contributed by atoms with van der Waals surface area (Å²) in [5.74, 6) is -1.49. The van der Waals surface area contributed by atoms with Gasteiger partial charge in [0.2, 0.25) is 0 Å². The molecule has 0 amide bonds. The molecule has 0 spiro atoms. The molecule has 0 unspecified atom stereocenters. The van der Waals surface area contributed by atoms with E-state index in [1.807, 2.05) is 6.92 Å². The molecule has 5 nitrogen and oxygen atoms in total. The third-order valence-corrected chi connectivity index (χ3v) is 3.10. The summed E-state index contributed by atoms with van der Waals surface area (Å²) in [5, 5.41) is 9.02. The largest absolute Gasteiger partial charge is 0.478 e. The second-order valence-corrected chi connectivity index (χ2v) is 6.15. The molecule has 0 bridgehead atoms. The highest BCUT2D eigenvalue weighted by atomic mass is 32.1. The number of carboxylic acids is 1. The number of benzene rings is 1. The normalized spacial score (nSPS) is 11.3. The van der Waals surface area contributed by atoms with Gasteiger partial charge in [0.15, 0.2) is 0 Å². The van der Waals surface area contributed by atoms with Gasteiger partial charge in [-0.05, 0) is 51.0 Å². The number of carbonyl (C=O) groups excluding carboxylic acids is 1. The minimum Gasteiger partial charge on any atom is -0.478 e. The molecule has 0 atom stereocenters. The molecule has 116 valence electrons. The lowest BCUT2D eigenvalue weighted by Crippen LogP contribution is -2.26. The first-order chi connectivity index (χ1) is 9.60. The number of thiol groups is 1. The minimum absolute atomic E-state index is 0.125. The zero-order valence-electron chi connectivity index (χ0n) is 12.6. The van der Waals surface area contributed by atoms with Gasteiger partial charge >= 0.3 is 11.9 Å². The fraction of sp³-hybridized carbons (Fsp3) is 0.467. The van der Waals surface area contributed by atoms with Gasteiger partial charge < -0.3 is 14.6 Å². The van der Waals surface area contributed by atoms with E-state index in [0.29, 0.717) is 10.5 Å². The van der Waals surface area contributed by atoms with Crippen LogP contribution in [-0.4, -0.2) is 29.3 Å². The number of hydrogen-bond acceptors (Lipinski definition) is 5. The van der Waals surface area contributed by atoms with E-state index in [9.17, 15) is 9.59 Å². The average molecular weight is 312 g/mol. The SMILES string of the molecule is Cc1c(S)cc(C(=O)O)cc1COCC(=O)OC(C)(C)C. The Hall–Kier alpha value is -1.53. The van der Waals surface area contributed by atoms with Gasteiger partial charge in [-0.25, -0.2) is 9.59 Å². The molecule has 0 radical (unpaired) electrons. The van der Waals surface area contributed by atoms with Gasteiger partial charge in [0.1, 0.15) is 12.2 Å². The van der Waals surface area contributed by atoms with E-state index in [1.54, 1.807) is 20.8 Å². The highest BCUT2D eigenvalue weighted by Crippen LogP contribution is 2.21. The predicted octanol–water partition coefficient (Wildman–Crippen LogP) is 2.84. The number of hydrogen-bond donors (Lipinski definition) is 2. The molecule has 1 aromatic carbocycles. The van der Waals surface area contributed by atoms with E-state index in [1.165, 1.54) is 12.1 Å². The van der Waals surface area contributed by atoms with E-state index in [0.717, 1.165) is 5.56 Å². The fourth-order valence-electron chi connectivity index (χ4n) is 1.65. The Kier molecular flexibility index (Phi) is 5.80. The standard InChI is InChI=1S/C15H20O5S/c1-9-11(5-10(14(17)18)6-12(9)21)7-19-8-13(16)20-15(2,3)4/h5-6,21H,7-8H2,1-4H3,(H,17,18). The Bertz CT molecular complexity index is 546. The molecule has 0 heterocycles. The summed E-state index contributed by atoms with van der Waals surface area (Å²) in [4.78, 5) is 23.1. The smallest absolute Gasteiger partial charge is 0.335 e. The molecule has 0 saturated heterocycles. The molecule has 0 saturated carbocycles. The maximum absolute atomic E-state index is 11.5. The van der Waals surface area contributed by atoms with Crippen molar-refractivity contribution >= 4 is 24.6 Å². The van der Waals surface area contributed by atoms with Gasteiger partial charge in [0.05, 0.1) is 12.2 Å². The molecular formula is C15H20O5S. The molecular weight excluding hydrogens is 292 g/mol. The average Bonchev–Trinajstić information content (AvgIpc) is 2.31. The molecule has 0 aliphatic carbocycles. The summed E-state index contributed by atoms with van der Waals surface area (Å²) in [5.41, 5.74) is 1.09. The molecule has 6 heteroatoms. The number of aromatic carboxylic acids is 1. The maximum Gasteiger partial charge on any atom is 0.335 e. The first kappa shape index (κ1) is 17.5. The second kappa shape index (κ2) is 6.95. The molecule has 0 aliphatic rings. The predicted molar refractivity (Wildman–Crippen MR) is 80.9 cm³/mol. The molecule has 0 aliphatic heterocycles. The molecule has 1 aromatic rings. The summed E-state index contributed by atoms with van der Waals surface area (Å²) >= 11 is 4.24. The second-order valence-electron chi connectivity index (χ2n) is 5.66. The van der Waals surface area contributed by atoms with Crippen LogP contribution in [0.1, 0.15) is 42.3 Å². The van der Waals surface area contributed by atoms with Gasteiger partial charge in [-0.2, -0.15) is 0 Å². The van der Waals surface area contributed by atoms with Crippen LogP contribution < -0.4 is 0 Å². The summed E-state index contributed by atoms with van der Waals surface area (Å²) in [6.45, 7) is 7.09. The van der Waals surface area contributed by atoms with Crippen LogP contribution in [0.3, 0.4) is 0 Å². The third kappa shape index (κ3) is 5.77. The van der Waals surface area contributed by atoms with Gasteiger partial charge in [0, 0.05) is 4.90 Å². The lowest BCUT2D eigenvalue weighted by atomic mass is 10.1. The number of rotatable bonds is 5. The van der Waals surface area contributed by atoms with Crippen LogP contribution in [0.5, 0.6) is 0 Å². The third-order valence-electron chi connectivity index (χ3n) is 2.63. The van der Waals surface area contributed by atoms with Gasteiger partial charge in [-0.15, -0.1) is 12.6 Å². The van der Waals surface area contributed by atoms with Crippen molar-refractivity contribution in [3.05, 3.63) is 28.8 Å². The van der Waals surface area contributed by atoms with Gasteiger partial charge in [0.25, 0.3) is 0 Å². The summed E-state index contributed by atoms with van der Waals surface area (Å²) < 4.78 is 10.4. The van der Waals surface area contributed by atoms with E-state index in [4.69, 9.17) is 14.6 Å². The highest BCUT2D eigenvalue weighted by Gasteiger charge is 2.16. The Morgan fingerprint density at radius 2 is 1.90 bits per heavy atom. The van der Waals surface area contributed by atoms with Crippen molar-refractivity contribution in [1.82, 2.24) is 0 Å². The van der Waals surface area contributed by atoms with Crippen LogP contribution in [0.2, 0.25) is 0 Å². The Balaban J connectivity index is 2.67. The number of carbonyl (C=O) groups is 2. The number of carboxylic acid groups (broad SMARTS) is 1. The van der Waals surface area contributed by atoms with Crippen LogP contribution in [0, 0.1) is 6.92 Å². The van der Waals surface area contributed by atoms with Crippen molar-refractivity contribution < 1.29 is 24.2 Å². The van der Waals surface area contributed by atoms with E-state index < -0.39 is 17.5 Å². The van der Waals surface area contributed by atoms with Crippen molar-refractivity contribution in [3.8, 4) is 0 Å². The molecule has 0 fully saturated rings. The van der Waals surface area contributed by atoms with Gasteiger partial charge in [-0.1, -0.05) is 0 Å². The minimum atomic E-state index is -1.03. The monoisotopic (exact) mass is 312 g/mol. The van der Waals surface area contributed by atoms with Crippen molar-refractivity contribution in [2.45, 2.75) is 44.8 Å². The number of esters is 1. The van der Waals surface area contributed by atoms with Crippen LogP contribution in [0.15, 0.2) is 17.0 Å². The lowest BCUT2D eigenvalue weighted by molar-refractivity contribution is -0.160. The van der Waals surface area contributed by atoms with Crippen LogP contribution in [0.25, 0.3) is 0 Å². The topological polar surface area (TPSA) is 72.8 Å². The zero-order chi connectivity index (χ0) is 16.2. The van der Waals surface area contributed by atoms with E-state index in [2.05, 4.69) is 12.6 Å². The summed E-state index contributed by atoms with van der Waals surface area (Å²) in [6.07, 6.45) is 0. The van der Waals surface area contributed by atoms with Crippen LogP contribution >= 0.6 is 12.6 Å². The van der Waals surface area contributed by atoms with Gasteiger partial charge in [-0.3, -0.25) is 0 Å². The molecule has 21 heavy (non-hydrogen) atoms. The summed E-state index contributed by atoms with van der Waals surface area (Å²) in [6, 6.07) is 3.00. The maximum atomic E-state index is 11.5. The lowest BCUT2D eigenvalue weighted by Gasteiger charge is -2.19. The Morgan fingerprint density at radius 1 is 1.29 bits per heavy atom. The van der Waals surface area contributed by atoms with Crippen molar-refractivity contribution in [2.24, 2.45) is 0 Å². The van der Waals surface area contributed by atoms with Crippen molar-refractivity contribution in [3.63, 3.8) is 0 Å². The van der Waals surface area contributed by atoms with Crippen molar-refractivity contribution in [2.75, 3.05) is 6.61 Å². The first-order valence-corrected chi connectivity index (χ1v) is 6.90. The molecule has 0 aromatic heterocycles. The highest BCUT2D eigenvalue weighted by molar-refractivity contribution is 7.80. The van der Waals surface area contributed by atoms with Crippen LogP contribution in [0.4, 0.5) is 0 Å². The Labute approximate surface area is 129 Å². The first-order valence-electron chi connectivity index (χ1n) is 6.45. The number of ether oxygens (including phenoxy) is 2. The Morgan fingerprint density at radius 3 is 2.43 bits per heavy atom. The molecule has 1 N–H and O–H groups in total. The zero-order valence-corrected chi connectivity index (χ0v) is 13.5. The fourth-order valence-corrected chi connectivity index (χ4v) is 1.93. The quantitative estimate of drug-likeness (QED) is 0.646. The van der Waals surface area contributed by atoms with E-state index >= 15 is 0 Å². The van der Waals surface area contributed by atoms with Crippen LogP contribution in [-0.2, 0) is 20.9 Å². The van der Waals surface area contributed by atoms with Crippen molar-refractivity contribution in [1.29, 1.82) is 0 Å².